The van der Waals surface area contributed by atoms with E-state index in [9.17, 15) is 12.8 Å². The molecular formula is C15H10FN5O2S. The van der Waals surface area contributed by atoms with Crippen molar-refractivity contribution in [2.75, 3.05) is 4.72 Å². The van der Waals surface area contributed by atoms with Crippen LogP contribution in [0.25, 0.3) is 5.69 Å². The molecule has 0 saturated heterocycles. The summed E-state index contributed by atoms with van der Waals surface area (Å²) in [6, 6.07) is 10.6. The van der Waals surface area contributed by atoms with Crippen molar-refractivity contribution in [2.45, 2.75) is 4.90 Å². The van der Waals surface area contributed by atoms with Crippen molar-refractivity contribution in [2.24, 2.45) is 0 Å². The lowest BCUT2D eigenvalue weighted by Gasteiger charge is -2.05. The number of nitriles is 1. The van der Waals surface area contributed by atoms with Gasteiger partial charge in [-0.25, -0.2) is 22.5 Å². The number of sulfonamides is 1. The molecule has 0 radical (unpaired) electrons. The zero-order valence-corrected chi connectivity index (χ0v) is 12.9. The Bertz CT molecular complexity index is 1020. The molecule has 0 amide bonds. The van der Waals surface area contributed by atoms with Crippen LogP contribution in [0, 0.1) is 17.1 Å². The molecule has 2 heterocycles. The van der Waals surface area contributed by atoms with Crippen molar-refractivity contribution in [3.8, 4) is 11.8 Å². The Labute approximate surface area is 137 Å². The van der Waals surface area contributed by atoms with Gasteiger partial charge in [-0.1, -0.05) is 12.1 Å². The third-order valence-corrected chi connectivity index (χ3v) is 4.41. The van der Waals surface area contributed by atoms with Crippen molar-refractivity contribution in [1.82, 2.24) is 14.8 Å². The van der Waals surface area contributed by atoms with Crippen LogP contribution in [0.5, 0.6) is 0 Å². The molecule has 0 aliphatic rings. The maximum absolute atomic E-state index is 13.7. The van der Waals surface area contributed by atoms with Gasteiger partial charge in [0.15, 0.2) is 0 Å². The average molecular weight is 343 g/mol. The molecule has 0 fully saturated rings. The van der Waals surface area contributed by atoms with E-state index < -0.39 is 15.8 Å². The molecule has 24 heavy (non-hydrogen) atoms. The average Bonchev–Trinajstić information content (AvgIpc) is 3.06. The van der Waals surface area contributed by atoms with E-state index in [1.807, 2.05) is 6.07 Å². The summed E-state index contributed by atoms with van der Waals surface area (Å²) < 4.78 is 41.8. The fourth-order valence-corrected chi connectivity index (χ4v) is 2.87. The van der Waals surface area contributed by atoms with Gasteiger partial charge in [0.1, 0.15) is 28.3 Å². The van der Waals surface area contributed by atoms with Gasteiger partial charge >= 0.3 is 0 Å². The number of pyridine rings is 1. The van der Waals surface area contributed by atoms with Crippen molar-refractivity contribution >= 4 is 15.8 Å². The Morgan fingerprint density at radius 1 is 1.17 bits per heavy atom. The lowest BCUT2D eigenvalue weighted by atomic mass is 10.3. The normalized spacial score (nSPS) is 11.0. The summed E-state index contributed by atoms with van der Waals surface area (Å²) in [6.45, 7) is 0. The second-order valence-corrected chi connectivity index (χ2v) is 6.40. The molecule has 0 bridgehead atoms. The minimum Gasteiger partial charge on any atom is -0.263 e. The van der Waals surface area contributed by atoms with Gasteiger partial charge in [-0.3, -0.25) is 4.72 Å². The third-order valence-electron chi connectivity index (χ3n) is 3.10. The summed E-state index contributed by atoms with van der Waals surface area (Å²) in [5, 5.41) is 12.6. The van der Waals surface area contributed by atoms with Crippen LogP contribution in [0.1, 0.15) is 5.56 Å². The highest BCUT2D eigenvalue weighted by Crippen LogP contribution is 2.17. The van der Waals surface area contributed by atoms with Gasteiger partial charge in [-0.15, -0.1) is 0 Å². The van der Waals surface area contributed by atoms with Crippen LogP contribution < -0.4 is 4.72 Å². The number of nitrogens with zero attached hydrogens (tertiary/aromatic N) is 4. The molecule has 0 aliphatic heterocycles. The Hall–Kier alpha value is -3.25. The van der Waals surface area contributed by atoms with Gasteiger partial charge < -0.3 is 0 Å². The number of anilines is 1. The van der Waals surface area contributed by atoms with E-state index in [4.69, 9.17) is 5.26 Å². The van der Waals surface area contributed by atoms with E-state index in [1.165, 1.54) is 42.7 Å². The highest BCUT2D eigenvalue weighted by atomic mass is 32.2. The third kappa shape index (κ3) is 3.09. The van der Waals surface area contributed by atoms with Gasteiger partial charge in [0.2, 0.25) is 0 Å². The minimum absolute atomic E-state index is 0.0626. The number of hydrogen-bond acceptors (Lipinski definition) is 5. The smallest absolute Gasteiger partial charge is 0.263 e. The fourth-order valence-electron chi connectivity index (χ4n) is 1.93. The molecule has 0 atom stereocenters. The van der Waals surface area contributed by atoms with Gasteiger partial charge in [0.05, 0.1) is 18.0 Å². The first kappa shape index (κ1) is 15.6. The SMILES string of the molecule is N#Cc1ccc(NS(=O)(=O)c2cnn(-c3ccccc3F)c2)nc1. The van der Waals surface area contributed by atoms with Crippen LogP contribution in [0.2, 0.25) is 0 Å². The fraction of sp³-hybridized carbons (Fsp3) is 0. The lowest BCUT2D eigenvalue weighted by Crippen LogP contribution is -2.13. The maximum Gasteiger partial charge on any atom is 0.266 e. The molecule has 1 N–H and O–H groups in total. The van der Waals surface area contributed by atoms with Crippen molar-refractivity contribution in [3.05, 3.63) is 66.4 Å². The predicted octanol–water partition coefficient (Wildman–Crippen LogP) is 2.08. The van der Waals surface area contributed by atoms with Crippen molar-refractivity contribution in [3.63, 3.8) is 0 Å². The lowest BCUT2D eigenvalue weighted by molar-refractivity contribution is 0.600. The van der Waals surface area contributed by atoms with E-state index in [-0.39, 0.29) is 16.4 Å². The number of hydrogen-bond donors (Lipinski definition) is 1. The number of nitrogens with one attached hydrogen (secondary N) is 1. The van der Waals surface area contributed by atoms with Crippen molar-refractivity contribution < 1.29 is 12.8 Å². The molecule has 0 unspecified atom stereocenters. The molecule has 120 valence electrons. The standard InChI is InChI=1S/C15H10FN5O2S/c16-13-3-1-2-4-14(13)21-10-12(9-19-21)24(22,23)20-15-6-5-11(7-17)8-18-15/h1-6,8-10H,(H,18,20). The van der Waals surface area contributed by atoms with Crippen LogP contribution in [0.15, 0.2) is 59.9 Å². The zero-order chi connectivity index (χ0) is 17.2. The van der Waals surface area contributed by atoms with Crippen LogP contribution in [0.3, 0.4) is 0 Å². The molecule has 0 saturated carbocycles. The summed E-state index contributed by atoms with van der Waals surface area (Å²) in [5.41, 5.74) is 0.445. The number of para-hydroxylation sites is 1. The molecule has 0 aliphatic carbocycles. The van der Waals surface area contributed by atoms with Gasteiger partial charge in [0.25, 0.3) is 10.0 Å². The summed E-state index contributed by atoms with van der Waals surface area (Å²) in [5.74, 6) is -0.459. The molecule has 9 heteroatoms. The first-order chi connectivity index (χ1) is 11.5. The second-order valence-electron chi connectivity index (χ2n) is 4.72. The Morgan fingerprint density at radius 2 is 1.96 bits per heavy atom. The zero-order valence-electron chi connectivity index (χ0n) is 12.1. The summed E-state index contributed by atoms with van der Waals surface area (Å²) in [6.07, 6.45) is 3.56. The van der Waals surface area contributed by atoms with Gasteiger partial charge in [-0.05, 0) is 24.3 Å². The molecule has 1 aromatic carbocycles. The summed E-state index contributed by atoms with van der Waals surface area (Å²) >= 11 is 0. The first-order valence-electron chi connectivity index (χ1n) is 6.68. The number of benzene rings is 1. The summed E-state index contributed by atoms with van der Waals surface area (Å²) in [7, 11) is -3.93. The van der Waals surface area contributed by atoms with Crippen LogP contribution in [0.4, 0.5) is 10.2 Å². The highest BCUT2D eigenvalue weighted by molar-refractivity contribution is 7.92. The Morgan fingerprint density at radius 3 is 2.62 bits per heavy atom. The molecule has 7 nitrogen and oxygen atoms in total. The largest absolute Gasteiger partial charge is 0.266 e. The van der Waals surface area contributed by atoms with E-state index in [0.29, 0.717) is 5.56 Å². The molecule has 3 aromatic rings. The van der Waals surface area contributed by atoms with Crippen LogP contribution in [-0.2, 0) is 10.0 Å². The van der Waals surface area contributed by atoms with Gasteiger partial charge in [-0.2, -0.15) is 10.4 Å². The Balaban J connectivity index is 1.88. The maximum atomic E-state index is 13.7. The quantitative estimate of drug-likeness (QED) is 0.781. The predicted molar refractivity (Wildman–Crippen MR) is 83.3 cm³/mol. The second kappa shape index (κ2) is 6.10. The topological polar surface area (TPSA) is 101 Å². The highest BCUT2D eigenvalue weighted by Gasteiger charge is 2.18. The molecular weight excluding hydrogens is 333 g/mol. The van der Waals surface area contributed by atoms with E-state index >= 15 is 0 Å². The molecule has 0 spiro atoms. The van der Waals surface area contributed by atoms with E-state index in [2.05, 4.69) is 14.8 Å². The molecule has 2 aromatic heterocycles. The van der Waals surface area contributed by atoms with Gasteiger partial charge in [0, 0.05) is 6.20 Å². The Kier molecular flexibility index (Phi) is 3.97. The molecule has 3 rings (SSSR count). The van der Waals surface area contributed by atoms with Crippen LogP contribution >= 0.6 is 0 Å². The minimum atomic E-state index is -3.93. The monoisotopic (exact) mass is 343 g/mol. The number of rotatable bonds is 4. The van der Waals surface area contributed by atoms with Crippen molar-refractivity contribution in [1.29, 1.82) is 5.26 Å². The van der Waals surface area contributed by atoms with Crippen LogP contribution in [-0.4, -0.2) is 23.2 Å². The summed E-state index contributed by atoms with van der Waals surface area (Å²) in [4.78, 5) is 3.70. The van der Waals surface area contributed by atoms with E-state index in [1.54, 1.807) is 6.07 Å². The van der Waals surface area contributed by atoms with E-state index in [0.717, 1.165) is 10.9 Å². The number of aromatic nitrogens is 3. The number of halogens is 1. The first-order valence-corrected chi connectivity index (χ1v) is 8.16.